The van der Waals surface area contributed by atoms with Gasteiger partial charge in [0.05, 0.1) is 5.56 Å². The van der Waals surface area contributed by atoms with Crippen molar-refractivity contribution in [2.45, 2.75) is 34.6 Å². The van der Waals surface area contributed by atoms with E-state index < -0.39 is 40.2 Å². The summed E-state index contributed by atoms with van der Waals surface area (Å²) in [5.74, 6) is -7.41. The molecule has 0 amide bonds. The molecule has 0 N–H and O–H groups in total. The van der Waals surface area contributed by atoms with Crippen molar-refractivity contribution in [3.63, 3.8) is 0 Å². The molecule has 2 rings (SSSR count). The second-order valence-electron chi connectivity index (χ2n) is 4.54. The summed E-state index contributed by atoms with van der Waals surface area (Å²) in [6.45, 7) is 8.50. The Morgan fingerprint density at radius 1 is 0.846 bits per heavy atom. The fraction of sp³-hybridized carbons (Fsp3) is 0.350. The molecule has 0 fully saturated rings. The lowest BCUT2D eigenvalue weighted by atomic mass is 10.1. The highest BCUT2D eigenvalue weighted by atomic mass is 19.2. The van der Waals surface area contributed by atoms with Crippen LogP contribution in [0, 0.1) is 30.2 Å². The minimum Gasteiger partial charge on any atom is -0.385 e. The van der Waals surface area contributed by atoms with Gasteiger partial charge in [-0.05, 0) is 20.8 Å². The maximum atomic E-state index is 13.0. The van der Waals surface area contributed by atoms with E-state index in [0.29, 0.717) is 0 Å². The monoisotopic (exact) mass is 374 g/mol. The van der Waals surface area contributed by atoms with Crippen molar-refractivity contribution < 1.29 is 27.1 Å². The van der Waals surface area contributed by atoms with Gasteiger partial charge < -0.3 is 4.74 Å². The van der Waals surface area contributed by atoms with E-state index >= 15 is 0 Å². The van der Waals surface area contributed by atoms with Gasteiger partial charge in [-0.1, -0.05) is 50.2 Å². The van der Waals surface area contributed by atoms with Gasteiger partial charge in [-0.2, -0.15) is 0 Å². The maximum absolute atomic E-state index is 13.0. The molecular weight excluding hydrogens is 348 g/mol. The second-order valence-corrected chi connectivity index (χ2v) is 4.54. The molecule has 0 aromatic heterocycles. The van der Waals surface area contributed by atoms with E-state index in [0.717, 1.165) is 20.5 Å². The van der Waals surface area contributed by atoms with Crippen LogP contribution >= 0.6 is 0 Å². The first-order valence-corrected chi connectivity index (χ1v) is 8.11. The molecule has 0 heterocycles. The Balaban J connectivity index is 0. The summed E-state index contributed by atoms with van der Waals surface area (Å²) >= 11 is 0. The van der Waals surface area contributed by atoms with Crippen molar-refractivity contribution in [2.24, 2.45) is 0 Å². The molecule has 6 heteroatoms. The van der Waals surface area contributed by atoms with Crippen LogP contribution < -0.4 is 0 Å². The molecule has 0 aliphatic heterocycles. The first kappa shape index (κ1) is 26.0. The predicted octanol–water partition coefficient (Wildman–Crippen LogP) is 6.12. The number of halogens is 4. The number of Topliss-reactive ketones (excluding diaryl/α,β-unsaturated/α-hetero) is 1. The standard InChI is InChI=1S/C9H6F4O.C6H6.C3H8O.C2H6/c1-3-6(10)8(12)5(4(2)14)9(13)7(3)11;1-2-4-6-5-3-1;1-3-4-2;1-2/h1-2H3;1-6H;3H2,1-2H3;1-2H3. The molecular formula is C20H26F4O2. The smallest absolute Gasteiger partial charge is 0.173 e. The molecule has 0 saturated heterocycles. The average Bonchev–Trinajstić information content (AvgIpc) is 2.68. The summed E-state index contributed by atoms with van der Waals surface area (Å²) in [4.78, 5) is 10.7. The molecule has 0 atom stereocenters. The summed E-state index contributed by atoms with van der Waals surface area (Å²) < 4.78 is 56.2. The Labute approximate surface area is 152 Å². The molecule has 0 bridgehead atoms. The first-order chi connectivity index (χ1) is 12.3. The third-order valence-corrected chi connectivity index (χ3v) is 2.79. The summed E-state index contributed by atoms with van der Waals surface area (Å²) in [6.07, 6.45) is 0. The zero-order valence-corrected chi connectivity index (χ0v) is 16.0. The number of rotatable bonds is 2. The van der Waals surface area contributed by atoms with Crippen molar-refractivity contribution in [3.8, 4) is 0 Å². The van der Waals surface area contributed by atoms with Gasteiger partial charge in [-0.25, -0.2) is 17.6 Å². The molecule has 0 saturated carbocycles. The van der Waals surface area contributed by atoms with Gasteiger partial charge in [0.1, 0.15) is 0 Å². The summed E-state index contributed by atoms with van der Waals surface area (Å²) in [7, 11) is 1.68. The summed E-state index contributed by atoms with van der Waals surface area (Å²) in [5, 5.41) is 0. The molecule has 0 unspecified atom stereocenters. The van der Waals surface area contributed by atoms with Crippen molar-refractivity contribution in [1.29, 1.82) is 0 Å². The van der Waals surface area contributed by atoms with Crippen LogP contribution in [0.3, 0.4) is 0 Å². The Morgan fingerprint density at radius 2 is 1.12 bits per heavy atom. The fourth-order valence-corrected chi connectivity index (χ4v) is 1.44. The molecule has 2 nitrogen and oxygen atoms in total. The predicted molar refractivity (Wildman–Crippen MR) is 96.4 cm³/mol. The highest BCUT2D eigenvalue weighted by molar-refractivity contribution is 5.94. The molecule has 2 aromatic rings. The van der Waals surface area contributed by atoms with E-state index in [2.05, 4.69) is 4.74 Å². The lowest BCUT2D eigenvalue weighted by molar-refractivity contribution is 0.100. The Morgan fingerprint density at radius 3 is 1.31 bits per heavy atom. The van der Waals surface area contributed by atoms with Gasteiger partial charge in [-0.15, -0.1) is 0 Å². The number of hydrogen-bond acceptors (Lipinski definition) is 2. The zero-order valence-electron chi connectivity index (χ0n) is 16.0. The van der Waals surface area contributed by atoms with E-state index in [9.17, 15) is 22.4 Å². The van der Waals surface area contributed by atoms with Crippen molar-refractivity contribution >= 4 is 5.78 Å². The highest BCUT2D eigenvalue weighted by Crippen LogP contribution is 2.23. The van der Waals surface area contributed by atoms with E-state index in [-0.39, 0.29) is 0 Å². The number of hydrogen-bond donors (Lipinski definition) is 0. The molecule has 0 radical (unpaired) electrons. The fourth-order valence-electron chi connectivity index (χ4n) is 1.44. The minimum atomic E-state index is -1.64. The molecule has 0 aliphatic carbocycles. The van der Waals surface area contributed by atoms with Crippen molar-refractivity contribution in [3.05, 3.63) is 70.8 Å². The Kier molecular flexibility index (Phi) is 15.1. The van der Waals surface area contributed by atoms with Crippen LogP contribution in [-0.2, 0) is 4.74 Å². The van der Waals surface area contributed by atoms with E-state index in [1.165, 1.54) is 0 Å². The lowest BCUT2D eigenvalue weighted by Gasteiger charge is -2.06. The van der Waals surface area contributed by atoms with Gasteiger partial charge in [0.2, 0.25) is 0 Å². The van der Waals surface area contributed by atoms with Crippen molar-refractivity contribution in [2.75, 3.05) is 13.7 Å². The van der Waals surface area contributed by atoms with Gasteiger partial charge in [0.25, 0.3) is 0 Å². The van der Waals surface area contributed by atoms with Gasteiger partial charge in [-0.3, -0.25) is 4.79 Å². The lowest BCUT2D eigenvalue weighted by Crippen LogP contribution is -2.09. The van der Waals surface area contributed by atoms with Gasteiger partial charge >= 0.3 is 0 Å². The van der Waals surface area contributed by atoms with Crippen LogP contribution in [0.2, 0.25) is 0 Å². The third kappa shape index (κ3) is 8.76. The van der Waals surface area contributed by atoms with Crippen LogP contribution in [0.25, 0.3) is 0 Å². The highest BCUT2D eigenvalue weighted by Gasteiger charge is 2.25. The molecule has 0 aliphatic rings. The summed E-state index contributed by atoms with van der Waals surface area (Å²) in [5.41, 5.74) is -1.95. The molecule has 26 heavy (non-hydrogen) atoms. The minimum absolute atomic E-state index is 0.773. The third-order valence-electron chi connectivity index (χ3n) is 2.79. The number of benzene rings is 2. The number of ketones is 1. The van der Waals surface area contributed by atoms with E-state index in [1.54, 1.807) is 7.11 Å². The molecule has 2 aromatic carbocycles. The topological polar surface area (TPSA) is 26.3 Å². The first-order valence-electron chi connectivity index (χ1n) is 8.11. The Hall–Kier alpha value is -2.21. The number of carbonyl (C=O) groups is 1. The molecule has 0 spiro atoms. The van der Waals surface area contributed by atoms with E-state index in [1.807, 2.05) is 57.2 Å². The molecule has 146 valence electrons. The number of carbonyl (C=O) groups excluding carboxylic acids is 1. The second kappa shape index (κ2) is 15.1. The van der Waals surface area contributed by atoms with Crippen LogP contribution in [0.1, 0.15) is 43.6 Å². The SMILES string of the molecule is CC.CC(=O)c1c(F)c(F)c(C)c(F)c1F.CCOC.c1ccccc1. The Bertz CT molecular complexity index is 586. The maximum Gasteiger partial charge on any atom is 0.173 e. The van der Waals surface area contributed by atoms with Crippen molar-refractivity contribution in [1.82, 2.24) is 0 Å². The van der Waals surface area contributed by atoms with Crippen LogP contribution in [-0.4, -0.2) is 19.5 Å². The number of methoxy groups -OCH3 is 1. The largest absolute Gasteiger partial charge is 0.385 e. The quantitative estimate of drug-likeness (QED) is 0.360. The van der Waals surface area contributed by atoms with Crippen LogP contribution in [0.15, 0.2) is 36.4 Å². The van der Waals surface area contributed by atoms with Gasteiger partial charge in [0, 0.05) is 19.3 Å². The van der Waals surface area contributed by atoms with Crippen LogP contribution in [0.4, 0.5) is 17.6 Å². The van der Waals surface area contributed by atoms with Gasteiger partial charge in [0.15, 0.2) is 29.1 Å². The normalized spacial score (nSPS) is 8.85. The zero-order chi connectivity index (χ0) is 20.7. The summed E-state index contributed by atoms with van der Waals surface area (Å²) in [6, 6.07) is 12.0. The average molecular weight is 374 g/mol. The van der Waals surface area contributed by atoms with Crippen LogP contribution in [0.5, 0.6) is 0 Å². The number of ether oxygens (including phenoxy) is 1. The van der Waals surface area contributed by atoms with E-state index in [4.69, 9.17) is 0 Å².